The second-order valence-corrected chi connectivity index (χ2v) is 8.91. The lowest BCUT2D eigenvalue weighted by Gasteiger charge is -2.32. The van der Waals surface area contributed by atoms with Gasteiger partial charge in [0, 0.05) is 24.2 Å². The van der Waals surface area contributed by atoms with Crippen LogP contribution in [0.1, 0.15) is 62.6 Å². The second-order valence-electron chi connectivity index (χ2n) is 8.91. The van der Waals surface area contributed by atoms with Gasteiger partial charge < -0.3 is 20.4 Å². The lowest BCUT2D eigenvalue weighted by atomic mass is 9.90. The Morgan fingerprint density at radius 2 is 1.91 bits per heavy atom. The van der Waals surface area contributed by atoms with Gasteiger partial charge in [-0.2, -0.15) is 0 Å². The van der Waals surface area contributed by atoms with Crippen LogP contribution < -0.4 is 10.2 Å². The molecule has 2 rings (SSSR count). The molecule has 1 aromatic carbocycles. The molecule has 6 nitrogen and oxygen atoms in total. The first-order valence-electron chi connectivity index (χ1n) is 11.6. The summed E-state index contributed by atoms with van der Waals surface area (Å²) in [6.07, 6.45) is 8.68. The molecule has 0 saturated carbocycles. The van der Waals surface area contributed by atoms with Crippen LogP contribution in [-0.2, 0) is 28.9 Å². The number of aromatic hydroxyl groups is 1. The standard InChI is InChI=1S/C26H38N2O4/c1-5-9-19-17-23-20(21(10-6-2)25(19)30)12-14-24(29)28(23)16-8-7-15-27-22(26(31)32)13-11-18(3)4/h5-6,17-18,22,27,30H,1-2,7-16H2,3-4H3,(H,31,32). The summed E-state index contributed by atoms with van der Waals surface area (Å²) in [7, 11) is 0. The van der Waals surface area contributed by atoms with Gasteiger partial charge in [-0.15, -0.1) is 13.2 Å². The highest BCUT2D eigenvalue weighted by molar-refractivity contribution is 5.97. The summed E-state index contributed by atoms with van der Waals surface area (Å²) in [4.78, 5) is 26.0. The van der Waals surface area contributed by atoms with Crippen LogP contribution in [0.4, 0.5) is 5.69 Å². The number of carbonyl (C=O) groups is 2. The van der Waals surface area contributed by atoms with Gasteiger partial charge in [-0.3, -0.25) is 9.59 Å². The van der Waals surface area contributed by atoms with Crippen molar-refractivity contribution in [3.63, 3.8) is 0 Å². The number of nitrogens with zero attached hydrogens (tertiary/aromatic N) is 1. The molecule has 0 bridgehead atoms. The van der Waals surface area contributed by atoms with E-state index in [1.807, 2.05) is 11.0 Å². The Balaban J connectivity index is 2.05. The molecular weight excluding hydrogens is 404 g/mol. The highest BCUT2D eigenvalue weighted by Crippen LogP contribution is 2.39. The molecule has 1 aliphatic heterocycles. The minimum Gasteiger partial charge on any atom is -0.507 e. The predicted molar refractivity (Wildman–Crippen MR) is 129 cm³/mol. The van der Waals surface area contributed by atoms with Crippen molar-refractivity contribution in [3.05, 3.63) is 48.1 Å². The summed E-state index contributed by atoms with van der Waals surface area (Å²) in [5.41, 5.74) is 3.52. The van der Waals surface area contributed by atoms with Gasteiger partial charge in [0.25, 0.3) is 0 Å². The normalized spacial score (nSPS) is 14.3. The van der Waals surface area contributed by atoms with E-state index in [0.29, 0.717) is 51.1 Å². The molecule has 1 amide bonds. The molecule has 32 heavy (non-hydrogen) atoms. The monoisotopic (exact) mass is 442 g/mol. The molecule has 1 atom stereocenters. The van der Waals surface area contributed by atoms with Crippen LogP contribution in [0.15, 0.2) is 31.4 Å². The Morgan fingerprint density at radius 1 is 1.19 bits per heavy atom. The first-order valence-corrected chi connectivity index (χ1v) is 11.6. The zero-order valence-corrected chi connectivity index (χ0v) is 19.5. The van der Waals surface area contributed by atoms with Gasteiger partial charge in [0.1, 0.15) is 11.8 Å². The van der Waals surface area contributed by atoms with Crippen LogP contribution in [0.3, 0.4) is 0 Å². The number of aliphatic carboxylic acids is 1. The summed E-state index contributed by atoms with van der Waals surface area (Å²) in [6, 6.07) is 1.39. The molecule has 0 spiro atoms. The van der Waals surface area contributed by atoms with Crippen LogP contribution in [-0.4, -0.2) is 41.2 Å². The number of unbranched alkanes of at least 4 members (excludes halogenated alkanes) is 1. The summed E-state index contributed by atoms with van der Waals surface area (Å²) >= 11 is 0. The number of carboxylic acids is 1. The largest absolute Gasteiger partial charge is 0.507 e. The number of phenols is 1. The van der Waals surface area contributed by atoms with Gasteiger partial charge in [-0.25, -0.2) is 0 Å². The second kappa shape index (κ2) is 12.4. The SMILES string of the molecule is C=CCc1cc2c(c(CC=C)c1O)CCC(=O)N2CCCCNC(CCC(C)C)C(=O)O. The quantitative estimate of drug-likeness (QED) is 0.294. The number of benzene rings is 1. The Morgan fingerprint density at radius 3 is 2.53 bits per heavy atom. The van der Waals surface area contributed by atoms with Gasteiger partial charge in [0.15, 0.2) is 0 Å². The van der Waals surface area contributed by atoms with E-state index in [-0.39, 0.29) is 11.7 Å². The van der Waals surface area contributed by atoms with E-state index in [0.717, 1.165) is 41.6 Å². The van der Waals surface area contributed by atoms with E-state index < -0.39 is 12.0 Å². The number of rotatable bonds is 14. The molecular formula is C26H38N2O4. The molecule has 0 saturated heterocycles. The summed E-state index contributed by atoms with van der Waals surface area (Å²) < 4.78 is 0. The number of amides is 1. The first-order chi connectivity index (χ1) is 15.3. The zero-order chi connectivity index (χ0) is 23.7. The maximum Gasteiger partial charge on any atom is 0.320 e. The van der Waals surface area contributed by atoms with Gasteiger partial charge in [0.2, 0.25) is 5.91 Å². The molecule has 0 aromatic heterocycles. The first kappa shape index (κ1) is 25.7. The number of phenolic OH excluding ortho intramolecular Hbond substituents is 1. The van der Waals surface area contributed by atoms with Gasteiger partial charge in [-0.1, -0.05) is 26.0 Å². The van der Waals surface area contributed by atoms with E-state index in [1.54, 1.807) is 12.2 Å². The third-order valence-electron chi connectivity index (χ3n) is 6.00. The molecule has 6 heteroatoms. The highest BCUT2D eigenvalue weighted by atomic mass is 16.4. The summed E-state index contributed by atoms with van der Waals surface area (Å²) in [5, 5.41) is 23.3. The van der Waals surface area contributed by atoms with Crippen LogP contribution in [0.2, 0.25) is 0 Å². The Labute approximate surface area is 192 Å². The number of allylic oxidation sites excluding steroid dienone is 2. The van der Waals surface area contributed by atoms with Crippen LogP contribution >= 0.6 is 0 Å². The molecule has 1 aliphatic rings. The van der Waals surface area contributed by atoms with Crippen molar-refractivity contribution >= 4 is 17.6 Å². The number of nitrogens with one attached hydrogen (secondary N) is 1. The number of fused-ring (bicyclic) bond motifs is 1. The lowest BCUT2D eigenvalue weighted by Crippen LogP contribution is -2.38. The Bertz CT molecular complexity index is 832. The van der Waals surface area contributed by atoms with E-state index in [9.17, 15) is 19.8 Å². The average molecular weight is 443 g/mol. The van der Waals surface area contributed by atoms with E-state index in [2.05, 4.69) is 32.3 Å². The van der Waals surface area contributed by atoms with Crippen LogP contribution in [0.5, 0.6) is 5.75 Å². The van der Waals surface area contributed by atoms with Gasteiger partial charge in [0.05, 0.1) is 0 Å². The van der Waals surface area contributed by atoms with Crippen molar-refractivity contribution in [2.24, 2.45) is 5.92 Å². The summed E-state index contributed by atoms with van der Waals surface area (Å²) in [6.45, 7) is 12.9. The Hall–Kier alpha value is -2.60. The van der Waals surface area contributed by atoms with Crippen molar-refractivity contribution in [2.75, 3.05) is 18.0 Å². The van der Waals surface area contributed by atoms with Crippen molar-refractivity contribution in [3.8, 4) is 5.75 Å². The van der Waals surface area contributed by atoms with Crippen LogP contribution in [0, 0.1) is 5.92 Å². The number of hydrogen-bond acceptors (Lipinski definition) is 4. The van der Waals surface area contributed by atoms with Crippen molar-refractivity contribution in [1.82, 2.24) is 5.32 Å². The third kappa shape index (κ3) is 6.70. The average Bonchev–Trinajstić information content (AvgIpc) is 2.74. The summed E-state index contributed by atoms with van der Waals surface area (Å²) in [5.74, 6) is 0.0316. The fourth-order valence-electron chi connectivity index (χ4n) is 4.24. The smallest absolute Gasteiger partial charge is 0.320 e. The van der Waals surface area contributed by atoms with E-state index in [1.165, 1.54) is 0 Å². The fourth-order valence-corrected chi connectivity index (χ4v) is 4.24. The molecule has 0 aliphatic carbocycles. The lowest BCUT2D eigenvalue weighted by molar-refractivity contribution is -0.139. The van der Waals surface area contributed by atoms with Gasteiger partial charge in [-0.05, 0) is 74.6 Å². The molecule has 1 unspecified atom stereocenters. The van der Waals surface area contributed by atoms with Crippen LogP contribution in [0.25, 0.3) is 0 Å². The fraction of sp³-hybridized carbons (Fsp3) is 0.538. The van der Waals surface area contributed by atoms with Crippen molar-refractivity contribution < 1.29 is 19.8 Å². The van der Waals surface area contributed by atoms with Crippen molar-refractivity contribution in [1.29, 1.82) is 0 Å². The molecule has 176 valence electrons. The molecule has 0 radical (unpaired) electrons. The number of carboxylic acid groups (broad SMARTS) is 1. The maximum atomic E-state index is 12.7. The predicted octanol–water partition coefficient (Wildman–Crippen LogP) is 4.39. The molecule has 3 N–H and O–H groups in total. The third-order valence-corrected chi connectivity index (χ3v) is 6.00. The number of anilines is 1. The minimum atomic E-state index is -0.810. The maximum absolute atomic E-state index is 12.7. The van der Waals surface area contributed by atoms with Crippen molar-refractivity contribution in [2.45, 2.75) is 71.3 Å². The molecule has 0 fully saturated rings. The minimum absolute atomic E-state index is 0.0885. The number of hydrogen-bond donors (Lipinski definition) is 3. The molecule has 1 aromatic rings. The zero-order valence-electron chi connectivity index (χ0n) is 19.5. The topological polar surface area (TPSA) is 89.9 Å². The van der Waals surface area contributed by atoms with E-state index in [4.69, 9.17) is 0 Å². The van der Waals surface area contributed by atoms with Gasteiger partial charge >= 0.3 is 5.97 Å². The Kier molecular flexibility index (Phi) is 9.97. The molecule has 1 heterocycles. The van der Waals surface area contributed by atoms with E-state index >= 15 is 0 Å². The highest BCUT2D eigenvalue weighted by Gasteiger charge is 2.28. The number of carbonyl (C=O) groups excluding carboxylic acids is 1.